The maximum atomic E-state index is 13.6. The molecule has 1 unspecified atom stereocenters. The van der Waals surface area contributed by atoms with Crippen molar-refractivity contribution >= 4 is 22.9 Å². The number of carbonyl (C=O) groups excluding carboxylic acids is 1. The highest BCUT2D eigenvalue weighted by molar-refractivity contribution is 5.90. The maximum Gasteiger partial charge on any atom is 0.267 e. The van der Waals surface area contributed by atoms with E-state index < -0.39 is 5.91 Å². The number of nitrogens with one attached hydrogen (secondary N) is 3. The quantitative estimate of drug-likeness (QED) is 0.172. The zero-order chi connectivity index (χ0) is 23.5. The SMILES string of the molecule is O=C(/C=C/c1ccc2c(c1)CCC2N(CCc1c[nH]c2ccccc12)Cc1ccc(F)[nH]1)NO. The van der Waals surface area contributed by atoms with Gasteiger partial charge in [-0.05, 0) is 65.8 Å². The molecule has 5 rings (SSSR count). The largest absolute Gasteiger partial charge is 0.361 e. The van der Waals surface area contributed by atoms with Gasteiger partial charge in [0.25, 0.3) is 5.91 Å². The van der Waals surface area contributed by atoms with Crippen LogP contribution in [0.1, 0.15) is 40.4 Å². The number of para-hydroxylation sites is 1. The fraction of sp³-hybridized carbons (Fsp3) is 0.222. The summed E-state index contributed by atoms with van der Waals surface area (Å²) in [5.74, 6) is -0.873. The highest BCUT2D eigenvalue weighted by atomic mass is 19.1. The van der Waals surface area contributed by atoms with Gasteiger partial charge in [-0.3, -0.25) is 14.9 Å². The summed E-state index contributed by atoms with van der Waals surface area (Å²) in [7, 11) is 0. The summed E-state index contributed by atoms with van der Waals surface area (Å²) in [5.41, 5.74) is 8.33. The second kappa shape index (κ2) is 9.67. The number of hydrogen-bond donors (Lipinski definition) is 4. The molecule has 0 spiro atoms. The minimum absolute atomic E-state index is 0.227. The van der Waals surface area contributed by atoms with Crippen LogP contribution in [-0.4, -0.2) is 32.5 Å². The molecule has 1 aliphatic rings. The van der Waals surface area contributed by atoms with Crippen molar-refractivity contribution in [2.75, 3.05) is 6.54 Å². The molecule has 2 heterocycles. The van der Waals surface area contributed by atoms with Gasteiger partial charge in [0.15, 0.2) is 5.95 Å². The molecule has 0 aliphatic heterocycles. The van der Waals surface area contributed by atoms with Gasteiger partial charge in [0.05, 0.1) is 0 Å². The van der Waals surface area contributed by atoms with Crippen LogP contribution in [0.4, 0.5) is 4.39 Å². The fourth-order valence-corrected chi connectivity index (χ4v) is 4.98. The zero-order valence-corrected chi connectivity index (χ0v) is 18.7. The first-order valence-corrected chi connectivity index (χ1v) is 11.5. The van der Waals surface area contributed by atoms with Crippen LogP contribution in [0.15, 0.2) is 66.9 Å². The van der Waals surface area contributed by atoms with E-state index in [0.29, 0.717) is 6.54 Å². The zero-order valence-electron chi connectivity index (χ0n) is 18.7. The first-order chi connectivity index (χ1) is 16.6. The molecule has 0 saturated carbocycles. The number of nitrogens with zero attached hydrogens (tertiary/aromatic N) is 1. The van der Waals surface area contributed by atoms with Gasteiger partial charge in [-0.1, -0.05) is 36.4 Å². The van der Waals surface area contributed by atoms with Crippen molar-refractivity contribution in [3.05, 3.63) is 101 Å². The average molecular weight is 459 g/mol. The van der Waals surface area contributed by atoms with E-state index in [9.17, 15) is 9.18 Å². The van der Waals surface area contributed by atoms with Crippen molar-refractivity contribution in [2.45, 2.75) is 31.8 Å². The Morgan fingerprint density at radius 2 is 2.09 bits per heavy atom. The van der Waals surface area contributed by atoms with Crippen LogP contribution < -0.4 is 5.48 Å². The number of hydroxylamine groups is 1. The minimum atomic E-state index is -0.556. The molecule has 4 N–H and O–H groups in total. The molecule has 0 fully saturated rings. The highest BCUT2D eigenvalue weighted by Crippen LogP contribution is 2.37. The van der Waals surface area contributed by atoms with Gasteiger partial charge < -0.3 is 9.97 Å². The number of rotatable bonds is 8. The lowest BCUT2D eigenvalue weighted by atomic mass is 10.0. The van der Waals surface area contributed by atoms with Gasteiger partial charge in [-0.15, -0.1) is 0 Å². The van der Waals surface area contributed by atoms with Crippen molar-refractivity contribution < 1.29 is 14.4 Å². The third-order valence-corrected chi connectivity index (χ3v) is 6.62. The van der Waals surface area contributed by atoms with E-state index >= 15 is 0 Å². The van der Waals surface area contributed by atoms with Gasteiger partial charge in [0.1, 0.15) is 0 Å². The molecule has 0 radical (unpaired) electrons. The van der Waals surface area contributed by atoms with Crippen LogP contribution in [0, 0.1) is 5.95 Å². The normalized spacial score (nSPS) is 15.4. The summed E-state index contributed by atoms with van der Waals surface area (Å²) in [6.45, 7) is 1.47. The molecule has 1 amide bonds. The Kier molecular flexibility index (Phi) is 6.29. The second-order valence-corrected chi connectivity index (χ2v) is 8.73. The Bertz CT molecular complexity index is 1340. The molecule has 1 atom stereocenters. The smallest absolute Gasteiger partial charge is 0.267 e. The van der Waals surface area contributed by atoms with Gasteiger partial charge in [-0.2, -0.15) is 4.39 Å². The van der Waals surface area contributed by atoms with Crippen LogP contribution >= 0.6 is 0 Å². The summed E-state index contributed by atoms with van der Waals surface area (Å²) in [6, 6.07) is 18.0. The first kappa shape index (κ1) is 22.1. The number of halogens is 1. The highest BCUT2D eigenvalue weighted by Gasteiger charge is 2.28. The molecule has 7 heteroatoms. The van der Waals surface area contributed by atoms with Crippen LogP contribution in [0.2, 0.25) is 0 Å². The molecule has 2 aromatic carbocycles. The third kappa shape index (κ3) is 4.66. The first-order valence-electron chi connectivity index (χ1n) is 11.5. The minimum Gasteiger partial charge on any atom is -0.361 e. The predicted octanol–water partition coefficient (Wildman–Crippen LogP) is 4.89. The van der Waals surface area contributed by atoms with Crippen molar-refractivity contribution in [1.82, 2.24) is 20.3 Å². The van der Waals surface area contributed by atoms with Crippen molar-refractivity contribution in [3.63, 3.8) is 0 Å². The van der Waals surface area contributed by atoms with Crippen molar-refractivity contribution in [2.24, 2.45) is 0 Å². The molecule has 2 aromatic heterocycles. The Hall–Kier alpha value is -3.68. The molecule has 34 heavy (non-hydrogen) atoms. The van der Waals surface area contributed by atoms with Gasteiger partial charge in [0.2, 0.25) is 0 Å². The Balaban J connectivity index is 1.38. The van der Waals surface area contributed by atoms with Crippen LogP contribution in [0.25, 0.3) is 17.0 Å². The predicted molar refractivity (Wildman–Crippen MR) is 130 cm³/mol. The van der Waals surface area contributed by atoms with Crippen molar-refractivity contribution in [3.8, 4) is 0 Å². The number of aryl methyl sites for hydroxylation is 1. The van der Waals surface area contributed by atoms with Crippen LogP contribution in [0.5, 0.6) is 0 Å². The number of H-pyrrole nitrogens is 2. The Morgan fingerprint density at radius 1 is 1.21 bits per heavy atom. The molecular weight excluding hydrogens is 431 g/mol. The fourth-order valence-electron chi connectivity index (χ4n) is 4.98. The van der Waals surface area contributed by atoms with Gasteiger partial charge >= 0.3 is 0 Å². The maximum absolute atomic E-state index is 13.6. The summed E-state index contributed by atoms with van der Waals surface area (Å²) < 4.78 is 13.6. The van der Waals surface area contributed by atoms with Crippen LogP contribution in [0.3, 0.4) is 0 Å². The van der Waals surface area contributed by atoms with E-state index in [1.54, 1.807) is 11.6 Å². The lowest BCUT2D eigenvalue weighted by Crippen LogP contribution is -2.29. The number of hydrogen-bond acceptors (Lipinski definition) is 3. The lowest BCUT2D eigenvalue weighted by Gasteiger charge is -2.29. The molecule has 1 aliphatic carbocycles. The van der Waals surface area contributed by atoms with E-state index in [1.165, 1.54) is 34.2 Å². The van der Waals surface area contributed by atoms with E-state index in [1.807, 2.05) is 18.2 Å². The summed E-state index contributed by atoms with van der Waals surface area (Å²) in [6.07, 6.45) is 7.89. The van der Waals surface area contributed by atoms with E-state index in [0.717, 1.165) is 42.6 Å². The van der Waals surface area contributed by atoms with Crippen LogP contribution in [-0.2, 0) is 24.2 Å². The molecular formula is C27H27FN4O2. The van der Waals surface area contributed by atoms with E-state index in [2.05, 4.69) is 51.4 Å². The molecule has 0 bridgehead atoms. The number of amides is 1. The number of aromatic amines is 2. The number of benzene rings is 2. The molecule has 4 aromatic rings. The summed E-state index contributed by atoms with van der Waals surface area (Å²) in [5, 5.41) is 9.92. The summed E-state index contributed by atoms with van der Waals surface area (Å²) in [4.78, 5) is 19.9. The lowest BCUT2D eigenvalue weighted by molar-refractivity contribution is -0.124. The standard InChI is InChI=1S/C27H27FN4O2/c28-26-11-8-21(30-26)17-32(14-13-20-16-29-24-4-2-1-3-22(20)24)25-10-7-19-15-18(5-9-23(19)25)6-12-27(33)31-34/h1-6,8-9,11-12,15-16,25,29-30,34H,7,10,13-14,17H2,(H,31,33)/b12-6+. The topological polar surface area (TPSA) is 84.2 Å². The van der Waals surface area contributed by atoms with E-state index in [-0.39, 0.29) is 12.0 Å². The molecule has 0 saturated heterocycles. The summed E-state index contributed by atoms with van der Waals surface area (Å²) >= 11 is 0. The second-order valence-electron chi connectivity index (χ2n) is 8.73. The third-order valence-electron chi connectivity index (χ3n) is 6.62. The molecule has 6 nitrogen and oxygen atoms in total. The average Bonchev–Trinajstić information content (AvgIpc) is 3.58. The van der Waals surface area contributed by atoms with Gasteiger partial charge in [-0.25, -0.2) is 5.48 Å². The van der Waals surface area contributed by atoms with Crippen molar-refractivity contribution in [1.29, 1.82) is 0 Å². The number of aromatic nitrogens is 2. The number of fused-ring (bicyclic) bond motifs is 2. The monoisotopic (exact) mass is 458 g/mol. The Labute approximate surface area is 197 Å². The number of carbonyl (C=O) groups is 1. The van der Waals surface area contributed by atoms with Gasteiger partial charge in [0, 0.05) is 48.0 Å². The Morgan fingerprint density at radius 3 is 2.91 bits per heavy atom. The molecule has 174 valence electrons. The van der Waals surface area contributed by atoms with E-state index in [4.69, 9.17) is 5.21 Å².